The van der Waals surface area contributed by atoms with E-state index in [4.69, 9.17) is 0 Å². The van der Waals surface area contributed by atoms with Crippen LogP contribution in [0.4, 0.5) is 0 Å². The monoisotopic (exact) mass is 196 g/mol. The maximum Gasteiger partial charge on any atom is 3.00 e. The van der Waals surface area contributed by atoms with E-state index in [1.54, 1.807) is 6.92 Å². The summed E-state index contributed by atoms with van der Waals surface area (Å²) >= 11 is 0. The maximum absolute atomic E-state index is 3.25. The summed E-state index contributed by atoms with van der Waals surface area (Å²) in [7, 11) is 0. The Morgan fingerprint density at radius 3 is 0.615 bits per heavy atom. The van der Waals surface area contributed by atoms with Crippen LogP contribution in [0.15, 0.2) is 0 Å². The van der Waals surface area contributed by atoms with Crippen LogP contribution in [0.5, 0.6) is 0 Å². The van der Waals surface area contributed by atoms with Crippen molar-refractivity contribution in [2.24, 2.45) is 0 Å². The molecule has 2 aliphatic carbocycles. The van der Waals surface area contributed by atoms with Crippen LogP contribution >= 0.6 is 0 Å². The molecule has 0 heterocycles. The molecule has 0 aromatic heterocycles. The van der Waals surface area contributed by atoms with E-state index in [-0.39, 0.29) is 17.4 Å². The average Bonchev–Trinajstić information content (AvgIpc) is 2.87. The molecular weight excluding hydrogens is 171 g/mol. The first-order chi connectivity index (χ1) is 6.00. The van der Waals surface area contributed by atoms with Crippen LogP contribution in [0.3, 0.4) is 0 Å². The Morgan fingerprint density at radius 2 is 0.538 bits per heavy atom. The van der Waals surface area contributed by atoms with Crippen LogP contribution in [0.2, 0.25) is 0 Å². The average molecular weight is 196 g/mol. The normalized spacial score (nSPS) is 18.9. The van der Waals surface area contributed by atoms with Gasteiger partial charge in [-0.05, 0) is 0 Å². The number of rotatable bonds is 0. The zero-order chi connectivity index (χ0) is 9.07. The fraction of sp³-hybridized carbons (Fsp3) is 0.917. The van der Waals surface area contributed by atoms with Gasteiger partial charge in [0.25, 0.3) is 0 Å². The Balaban J connectivity index is 0. The molecule has 0 N–H and O–H groups in total. The summed E-state index contributed by atoms with van der Waals surface area (Å²) < 4.78 is 0. The fourth-order valence-corrected chi connectivity index (χ4v) is 1.77. The molecule has 0 bridgehead atoms. The van der Waals surface area contributed by atoms with Gasteiger partial charge in [0.05, 0.1) is 0 Å². The summed E-state index contributed by atoms with van der Waals surface area (Å²) in [5.41, 5.74) is 0. The molecule has 13 heavy (non-hydrogen) atoms. The van der Waals surface area contributed by atoms with Crippen molar-refractivity contribution in [1.82, 2.24) is 0 Å². The third-order valence-electron chi connectivity index (χ3n) is 2.50. The van der Waals surface area contributed by atoms with Crippen LogP contribution in [-0.4, -0.2) is 17.4 Å². The molecule has 0 atom stereocenters. The van der Waals surface area contributed by atoms with Gasteiger partial charge in [-0.15, -0.1) is 0 Å². The van der Waals surface area contributed by atoms with E-state index in [0.29, 0.717) is 0 Å². The van der Waals surface area contributed by atoms with Gasteiger partial charge >= 0.3 is 17.4 Å². The van der Waals surface area contributed by atoms with Crippen molar-refractivity contribution in [3.05, 3.63) is 6.92 Å². The van der Waals surface area contributed by atoms with Gasteiger partial charge in [0.1, 0.15) is 0 Å². The summed E-state index contributed by atoms with van der Waals surface area (Å²) in [6.45, 7) is 5.00. The van der Waals surface area contributed by atoms with Crippen molar-refractivity contribution < 1.29 is 0 Å². The molecule has 0 aromatic rings. The predicted molar refractivity (Wildman–Crippen MR) is 63.0 cm³/mol. The quantitative estimate of drug-likeness (QED) is 0.399. The Bertz CT molecular complexity index is 38.3. The first kappa shape index (κ1) is 16.0. The minimum absolute atomic E-state index is 0. The molecular formula is C12H25Al+2. The zero-order valence-electron chi connectivity index (χ0n) is 9.36. The van der Waals surface area contributed by atoms with Gasteiger partial charge in [-0.2, -0.15) is 6.92 Å². The number of hydrogen-bond donors (Lipinski definition) is 0. The van der Waals surface area contributed by atoms with E-state index in [1.165, 1.54) is 64.2 Å². The Labute approximate surface area is 95.6 Å². The minimum atomic E-state index is 0. The van der Waals surface area contributed by atoms with Gasteiger partial charge < -0.3 is 6.92 Å². The number of hydrogen-bond acceptors (Lipinski definition) is 0. The first-order valence-electron chi connectivity index (χ1n) is 5.71. The van der Waals surface area contributed by atoms with E-state index in [2.05, 4.69) is 6.92 Å². The van der Waals surface area contributed by atoms with Crippen molar-refractivity contribution in [2.75, 3.05) is 0 Å². The van der Waals surface area contributed by atoms with E-state index < -0.39 is 0 Å². The van der Waals surface area contributed by atoms with E-state index >= 15 is 0 Å². The second-order valence-electron chi connectivity index (χ2n) is 3.54. The third kappa shape index (κ3) is 12.5. The Morgan fingerprint density at radius 1 is 0.462 bits per heavy atom. The van der Waals surface area contributed by atoms with Gasteiger partial charge in [0, 0.05) is 0 Å². The zero-order valence-corrected chi connectivity index (χ0v) is 10.5. The molecule has 0 nitrogen and oxygen atoms in total. The molecule has 0 aromatic carbocycles. The Kier molecular flexibility index (Phi) is 18.5. The van der Waals surface area contributed by atoms with Crippen molar-refractivity contribution in [3.8, 4) is 0 Å². The molecule has 2 saturated carbocycles. The topological polar surface area (TPSA) is 0 Å². The summed E-state index contributed by atoms with van der Waals surface area (Å²) in [5, 5.41) is 0. The minimum Gasteiger partial charge on any atom is -0.346 e. The summed E-state index contributed by atoms with van der Waals surface area (Å²) in [4.78, 5) is 0. The third-order valence-corrected chi connectivity index (χ3v) is 2.50. The molecule has 0 spiro atoms. The SMILES string of the molecule is C1CCCC1.C1CCCC1.[Al+3].[CH2-]C. The first-order valence-corrected chi connectivity index (χ1v) is 5.71. The van der Waals surface area contributed by atoms with Crippen LogP contribution in [0.1, 0.15) is 71.1 Å². The van der Waals surface area contributed by atoms with Crippen molar-refractivity contribution >= 4 is 17.4 Å². The van der Waals surface area contributed by atoms with Gasteiger partial charge in [-0.1, -0.05) is 64.2 Å². The van der Waals surface area contributed by atoms with Crippen molar-refractivity contribution in [2.45, 2.75) is 71.1 Å². The fourth-order valence-electron chi connectivity index (χ4n) is 1.77. The van der Waals surface area contributed by atoms with Gasteiger partial charge in [0.2, 0.25) is 0 Å². The predicted octanol–water partition coefficient (Wildman–Crippen LogP) is 4.36. The van der Waals surface area contributed by atoms with Crippen LogP contribution < -0.4 is 0 Å². The molecule has 2 rings (SSSR count). The van der Waals surface area contributed by atoms with Crippen molar-refractivity contribution in [3.63, 3.8) is 0 Å². The molecule has 0 unspecified atom stereocenters. The molecule has 0 amide bonds. The van der Waals surface area contributed by atoms with Gasteiger partial charge in [-0.3, -0.25) is 0 Å². The smallest absolute Gasteiger partial charge is 0.346 e. The van der Waals surface area contributed by atoms with Gasteiger partial charge in [-0.25, -0.2) is 0 Å². The molecule has 74 valence electrons. The van der Waals surface area contributed by atoms with Crippen LogP contribution in [0, 0.1) is 6.92 Å². The van der Waals surface area contributed by atoms with Gasteiger partial charge in [0.15, 0.2) is 0 Å². The van der Waals surface area contributed by atoms with Crippen LogP contribution in [-0.2, 0) is 0 Å². The molecule has 1 heteroatoms. The largest absolute Gasteiger partial charge is 3.00 e. The molecule has 2 aliphatic rings. The summed E-state index contributed by atoms with van der Waals surface area (Å²) in [6, 6.07) is 0. The second-order valence-corrected chi connectivity index (χ2v) is 3.54. The summed E-state index contributed by atoms with van der Waals surface area (Å²) in [6.07, 6.45) is 15.0. The second kappa shape index (κ2) is 15.0. The molecule has 0 aliphatic heterocycles. The van der Waals surface area contributed by atoms with E-state index in [0.717, 1.165) is 0 Å². The van der Waals surface area contributed by atoms with E-state index in [9.17, 15) is 0 Å². The van der Waals surface area contributed by atoms with Crippen molar-refractivity contribution in [1.29, 1.82) is 0 Å². The molecule has 0 radical (unpaired) electrons. The van der Waals surface area contributed by atoms with E-state index in [1.807, 2.05) is 0 Å². The maximum atomic E-state index is 3.25. The molecule has 2 fully saturated rings. The summed E-state index contributed by atoms with van der Waals surface area (Å²) in [5.74, 6) is 0. The Hall–Kier alpha value is 0.532. The molecule has 0 saturated heterocycles. The standard InChI is InChI=1S/2C5H10.C2H5.Al/c2*1-2-4-5-3-1;1-2;/h2*1-5H2;1H2,2H3;/q;;-1;+3. The van der Waals surface area contributed by atoms with Crippen LogP contribution in [0.25, 0.3) is 0 Å².